The molecule has 2 N–H and O–H groups in total. The number of nitrogens with one attached hydrogen (secondary N) is 2. The van der Waals surface area contributed by atoms with Crippen molar-refractivity contribution < 1.29 is 9.59 Å². The molecule has 4 aromatic rings. The number of hydrogen-bond acceptors (Lipinski definition) is 8. The second kappa shape index (κ2) is 9.73. The van der Waals surface area contributed by atoms with Crippen LogP contribution in [0.1, 0.15) is 22.3 Å². The molecular formula is C20H16ClN5O2S3. The summed E-state index contributed by atoms with van der Waals surface area (Å²) in [7, 11) is 0. The van der Waals surface area contributed by atoms with Gasteiger partial charge in [0.1, 0.15) is 5.01 Å². The summed E-state index contributed by atoms with van der Waals surface area (Å²) in [6, 6.07) is 12.2. The van der Waals surface area contributed by atoms with E-state index in [2.05, 4.69) is 25.8 Å². The van der Waals surface area contributed by atoms with E-state index in [9.17, 15) is 9.59 Å². The first-order chi connectivity index (χ1) is 15.0. The molecule has 0 spiro atoms. The maximum atomic E-state index is 12.4. The summed E-state index contributed by atoms with van der Waals surface area (Å²) in [4.78, 5) is 29.1. The molecule has 0 saturated carbocycles. The number of rotatable bonds is 7. The average Bonchev–Trinajstić information content (AvgIpc) is 3.38. The van der Waals surface area contributed by atoms with Gasteiger partial charge in [-0.1, -0.05) is 41.6 Å². The Kier molecular flexibility index (Phi) is 6.81. The van der Waals surface area contributed by atoms with Gasteiger partial charge in [-0.25, -0.2) is 4.98 Å². The molecule has 0 atom stereocenters. The monoisotopic (exact) mass is 489 g/mol. The zero-order chi connectivity index (χ0) is 21.8. The molecule has 0 fully saturated rings. The van der Waals surface area contributed by atoms with Gasteiger partial charge in [0.05, 0.1) is 16.0 Å². The fourth-order valence-electron chi connectivity index (χ4n) is 2.58. The molecule has 11 heteroatoms. The summed E-state index contributed by atoms with van der Waals surface area (Å²) in [6.07, 6.45) is 0.788. The Morgan fingerprint density at radius 2 is 1.87 bits per heavy atom. The lowest BCUT2D eigenvalue weighted by atomic mass is 10.2. The van der Waals surface area contributed by atoms with Gasteiger partial charge in [0.2, 0.25) is 11.0 Å². The van der Waals surface area contributed by atoms with E-state index in [1.807, 2.05) is 19.1 Å². The molecule has 2 aromatic carbocycles. The van der Waals surface area contributed by atoms with Crippen LogP contribution in [0.3, 0.4) is 0 Å². The third kappa shape index (κ3) is 5.59. The van der Waals surface area contributed by atoms with E-state index in [0.29, 0.717) is 21.4 Å². The highest BCUT2D eigenvalue weighted by Crippen LogP contribution is 2.31. The number of anilines is 2. The Morgan fingerprint density at radius 1 is 1.06 bits per heavy atom. The number of thioether (sulfide) groups is 1. The number of amides is 2. The first-order valence-corrected chi connectivity index (χ1v) is 12.2. The number of halogens is 1. The normalized spacial score (nSPS) is 10.9. The molecule has 2 amide bonds. The second-order valence-electron chi connectivity index (χ2n) is 6.31. The molecule has 2 heterocycles. The number of benzene rings is 2. The number of carbonyl (C=O) groups is 2. The largest absolute Gasteiger partial charge is 0.322 e. The van der Waals surface area contributed by atoms with Crippen LogP contribution in [0.2, 0.25) is 5.02 Å². The van der Waals surface area contributed by atoms with Crippen molar-refractivity contribution in [2.45, 2.75) is 17.7 Å². The molecule has 0 bridgehead atoms. The van der Waals surface area contributed by atoms with Crippen LogP contribution in [0.15, 0.2) is 46.8 Å². The van der Waals surface area contributed by atoms with Crippen LogP contribution in [-0.2, 0) is 11.2 Å². The van der Waals surface area contributed by atoms with Crippen LogP contribution in [-0.4, -0.2) is 32.7 Å². The van der Waals surface area contributed by atoms with Crippen molar-refractivity contribution in [3.8, 4) is 0 Å². The molecule has 0 unspecified atom stereocenters. The average molecular weight is 490 g/mol. The smallest absolute Gasteiger partial charge is 0.255 e. The lowest BCUT2D eigenvalue weighted by Crippen LogP contribution is -2.13. The maximum absolute atomic E-state index is 12.4. The number of hydrogen-bond donors (Lipinski definition) is 2. The number of carbonyl (C=O) groups excluding carboxylic acids is 2. The van der Waals surface area contributed by atoms with Crippen LogP contribution in [0.25, 0.3) is 10.2 Å². The number of aryl methyl sites for hydroxylation is 1. The molecule has 4 rings (SSSR count). The van der Waals surface area contributed by atoms with Crippen molar-refractivity contribution >= 4 is 78.9 Å². The molecule has 158 valence electrons. The van der Waals surface area contributed by atoms with Crippen molar-refractivity contribution in [3.63, 3.8) is 0 Å². The van der Waals surface area contributed by atoms with E-state index in [-0.39, 0.29) is 17.6 Å². The Balaban J connectivity index is 1.37. The summed E-state index contributed by atoms with van der Waals surface area (Å²) < 4.78 is 1.70. The van der Waals surface area contributed by atoms with Crippen molar-refractivity contribution in [2.24, 2.45) is 0 Å². The van der Waals surface area contributed by atoms with Gasteiger partial charge in [0.25, 0.3) is 5.91 Å². The molecule has 0 aliphatic heterocycles. The van der Waals surface area contributed by atoms with Gasteiger partial charge < -0.3 is 5.32 Å². The summed E-state index contributed by atoms with van der Waals surface area (Å²) >= 11 is 10.1. The second-order valence-corrected chi connectivity index (χ2v) is 10.1. The van der Waals surface area contributed by atoms with Crippen molar-refractivity contribution in [1.82, 2.24) is 15.2 Å². The predicted molar refractivity (Wildman–Crippen MR) is 128 cm³/mol. The summed E-state index contributed by atoms with van der Waals surface area (Å²) in [5.41, 5.74) is 2.01. The molecule has 7 nitrogen and oxygen atoms in total. The Bertz CT molecular complexity index is 1240. The molecule has 0 aliphatic carbocycles. The van der Waals surface area contributed by atoms with Gasteiger partial charge in [-0.05, 0) is 48.9 Å². The topological polar surface area (TPSA) is 96.9 Å². The predicted octanol–water partition coefficient (Wildman–Crippen LogP) is 5.35. The van der Waals surface area contributed by atoms with E-state index >= 15 is 0 Å². The highest BCUT2D eigenvalue weighted by molar-refractivity contribution is 8.01. The molecule has 2 aromatic heterocycles. The fourth-order valence-corrected chi connectivity index (χ4v) is 5.31. The van der Waals surface area contributed by atoms with Crippen LogP contribution >= 0.6 is 46.0 Å². The minimum atomic E-state index is -0.213. The van der Waals surface area contributed by atoms with E-state index in [1.54, 1.807) is 30.3 Å². The van der Waals surface area contributed by atoms with Crippen LogP contribution < -0.4 is 10.6 Å². The van der Waals surface area contributed by atoms with Crippen LogP contribution in [0.4, 0.5) is 10.8 Å². The quantitative estimate of drug-likeness (QED) is 0.340. The van der Waals surface area contributed by atoms with Crippen LogP contribution in [0.5, 0.6) is 0 Å². The zero-order valence-corrected chi connectivity index (χ0v) is 19.4. The highest BCUT2D eigenvalue weighted by atomic mass is 35.5. The Morgan fingerprint density at radius 3 is 2.61 bits per heavy atom. The molecular weight excluding hydrogens is 474 g/mol. The highest BCUT2D eigenvalue weighted by Gasteiger charge is 2.12. The van der Waals surface area contributed by atoms with Crippen molar-refractivity contribution in [3.05, 3.63) is 58.1 Å². The van der Waals surface area contributed by atoms with Crippen LogP contribution in [0, 0.1) is 0 Å². The standard InChI is InChI=1S/C20H16ClN5O2S3/c1-2-17-25-26-19(31-17)24-16(27)10-29-20-23-14-8-7-13(9-15(14)30-20)22-18(28)11-3-5-12(21)6-4-11/h3-9H,2,10H2,1H3,(H,22,28)(H,24,26,27). The van der Waals surface area contributed by atoms with E-state index in [4.69, 9.17) is 11.6 Å². The number of fused-ring (bicyclic) bond motifs is 1. The Labute approximate surface area is 195 Å². The van der Waals surface area contributed by atoms with Gasteiger partial charge in [-0.15, -0.1) is 21.5 Å². The SMILES string of the molecule is CCc1nnc(NC(=O)CSc2nc3ccc(NC(=O)c4ccc(Cl)cc4)cc3s2)s1. The fraction of sp³-hybridized carbons (Fsp3) is 0.150. The van der Waals surface area contributed by atoms with E-state index < -0.39 is 0 Å². The lowest BCUT2D eigenvalue weighted by Gasteiger charge is -2.05. The molecule has 0 radical (unpaired) electrons. The van der Waals surface area contributed by atoms with Gasteiger partial charge in [0, 0.05) is 16.3 Å². The first-order valence-electron chi connectivity index (χ1n) is 9.22. The molecule has 0 aliphatic rings. The number of aromatic nitrogens is 3. The van der Waals surface area contributed by atoms with Crippen molar-refractivity contribution in [2.75, 3.05) is 16.4 Å². The summed E-state index contributed by atoms with van der Waals surface area (Å²) in [5, 5.41) is 15.5. The lowest BCUT2D eigenvalue weighted by molar-refractivity contribution is -0.113. The summed E-state index contributed by atoms with van der Waals surface area (Å²) in [5.74, 6) is -0.144. The maximum Gasteiger partial charge on any atom is 0.255 e. The van der Waals surface area contributed by atoms with E-state index in [0.717, 1.165) is 26.0 Å². The van der Waals surface area contributed by atoms with Gasteiger partial charge >= 0.3 is 0 Å². The van der Waals surface area contributed by atoms with Gasteiger partial charge in [-0.3, -0.25) is 14.9 Å². The minimum Gasteiger partial charge on any atom is -0.322 e. The zero-order valence-electron chi connectivity index (χ0n) is 16.2. The Hall–Kier alpha value is -2.53. The molecule has 0 saturated heterocycles. The van der Waals surface area contributed by atoms with Gasteiger partial charge in [0.15, 0.2) is 4.34 Å². The number of thiazole rings is 1. The van der Waals surface area contributed by atoms with Crippen molar-refractivity contribution in [1.29, 1.82) is 0 Å². The summed E-state index contributed by atoms with van der Waals surface area (Å²) in [6.45, 7) is 1.99. The number of nitrogens with zero attached hydrogens (tertiary/aromatic N) is 3. The van der Waals surface area contributed by atoms with E-state index in [1.165, 1.54) is 34.4 Å². The first kappa shape index (κ1) is 21.7. The third-order valence-corrected chi connectivity index (χ3v) is 7.47. The third-order valence-electron chi connectivity index (χ3n) is 4.08. The molecule has 31 heavy (non-hydrogen) atoms. The minimum absolute atomic E-state index is 0.154. The van der Waals surface area contributed by atoms with Gasteiger partial charge in [-0.2, -0.15) is 0 Å².